The lowest BCUT2D eigenvalue weighted by atomic mass is 10.1. The van der Waals surface area contributed by atoms with Crippen LogP contribution in [0.15, 0.2) is 59.5 Å². The molecule has 0 bridgehead atoms. The Kier molecular flexibility index (Phi) is 6.42. The molecule has 2 aromatic carbocycles. The molecule has 2 aliphatic heterocycles. The van der Waals surface area contributed by atoms with E-state index in [9.17, 15) is 13.2 Å². The third kappa shape index (κ3) is 5.00. The highest BCUT2D eigenvalue weighted by Crippen LogP contribution is 2.31. The minimum Gasteiger partial charge on any atom is -0.355 e. The van der Waals surface area contributed by atoms with Gasteiger partial charge < -0.3 is 9.80 Å². The van der Waals surface area contributed by atoms with Crippen molar-refractivity contribution in [2.24, 2.45) is 0 Å². The Morgan fingerprint density at radius 3 is 2.43 bits per heavy atom. The molecule has 1 saturated heterocycles. The minimum absolute atomic E-state index is 0.0446. The number of nitrogens with zero attached hydrogens (tertiary/aromatic N) is 4. The molecule has 0 aliphatic carbocycles. The van der Waals surface area contributed by atoms with Gasteiger partial charge in [-0.25, -0.2) is 8.42 Å². The quantitative estimate of drug-likeness (QED) is 0.574. The number of amides is 1. The maximum Gasteiger partial charge on any atom is 0.261 e. The summed E-state index contributed by atoms with van der Waals surface area (Å²) in [6.07, 6.45) is 5.50. The number of hydrogen-bond acceptors (Lipinski definition) is 6. The van der Waals surface area contributed by atoms with Crippen LogP contribution < -0.4 is 14.5 Å². The molecule has 0 unspecified atom stereocenters. The molecule has 1 fully saturated rings. The van der Waals surface area contributed by atoms with E-state index in [4.69, 9.17) is 0 Å². The fourth-order valence-electron chi connectivity index (χ4n) is 4.78. The van der Waals surface area contributed by atoms with Crippen molar-refractivity contribution in [3.8, 4) is 11.3 Å². The predicted molar refractivity (Wildman–Crippen MR) is 137 cm³/mol. The van der Waals surface area contributed by atoms with Crippen LogP contribution in [0.1, 0.15) is 38.2 Å². The number of aromatic nitrogens is 2. The first kappa shape index (κ1) is 23.3. The molecule has 9 heteroatoms. The van der Waals surface area contributed by atoms with E-state index in [0.29, 0.717) is 24.3 Å². The third-order valence-corrected chi connectivity index (χ3v) is 8.01. The first-order valence-electron chi connectivity index (χ1n) is 12.0. The summed E-state index contributed by atoms with van der Waals surface area (Å²) < 4.78 is 28.8. The summed E-state index contributed by atoms with van der Waals surface area (Å²) in [7, 11) is -3.79. The number of carbonyl (C=O) groups excluding carboxylic acids is 1. The normalized spacial score (nSPS) is 16.0. The molecule has 2 aliphatic rings. The summed E-state index contributed by atoms with van der Waals surface area (Å²) in [5, 5.41) is 8.84. The smallest absolute Gasteiger partial charge is 0.261 e. The van der Waals surface area contributed by atoms with Crippen molar-refractivity contribution in [2.75, 3.05) is 34.2 Å². The number of benzene rings is 2. The van der Waals surface area contributed by atoms with Crippen LogP contribution in [0, 0.1) is 0 Å². The van der Waals surface area contributed by atoms with Crippen molar-refractivity contribution in [3.05, 3.63) is 60.2 Å². The summed E-state index contributed by atoms with van der Waals surface area (Å²) >= 11 is 0. The Morgan fingerprint density at radius 2 is 1.71 bits per heavy atom. The van der Waals surface area contributed by atoms with Gasteiger partial charge in [-0.2, -0.15) is 0 Å². The van der Waals surface area contributed by atoms with Gasteiger partial charge in [0.2, 0.25) is 5.91 Å². The molecule has 0 saturated carbocycles. The number of carbonyl (C=O) groups is 1. The molecule has 1 aromatic heterocycles. The van der Waals surface area contributed by atoms with E-state index in [1.807, 2.05) is 18.2 Å². The SMILES string of the molecule is CC(=O)N1CCc2cc(S(=O)(=O)Nc3cccc(-c4ccc(N5CCCCCC5)nn4)c3)ccc21. The molecule has 5 rings (SSSR count). The monoisotopic (exact) mass is 491 g/mol. The lowest BCUT2D eigenvalue weighted by Crippen LogP contribution is -2.25. The molecule has 8 nitrogen and oxygen atoms in total. The van der Waals surface area contributed by atoms with Gasteiger partial charge in [0, 0.05) is 43.5 Å². The number of hydrogen-bond donors (Lipinski definition) is 1. The molecule has 3 heterocycles. The second-order valence-electron chi connectivity index (χ2n) is 9.08. The van der Waals surface area contributed by atoms with E-state index in [1.54, 1.807) is 41.3 Å². The van der Waals surface area contributed by atoms with Crippen LogP contribution >= 0.6 is 0 Å². The number of fused-ring (bicyclic) bond motifs is 1. The Hall–Kier alpha value is -3.46. The Labute approximate surface area is 206 Å². The highest BCUT2D eigenvalue weighted by Gasteiger charge is 2.25. The van der Waals surface area contributed by atoms with Crippen LogP contribution in [0.2, 0.25) is 0 Å². The Balaban J connectivity index is 1.33. The maximum absolute atomic E-state index is 13.1. The van der Waals surface area contributed by atoms with Crippen molar-refractivity contribution >= 4 is 33.1 Å². The summed E-state index contributed by atoms with van der Waals surface area (Å²) in [4.78, 5) is 15.9. The fourth-order valence-corrected chi connectivity index (χ4v) is 5.88. The van der Waals surface area contributed by atoms with E-state index >= 15 is 0 Å². The predicted octanol–water partition coefficient (Wildman–Crippen LogP) is 4.23. The van der Waals surface area contributed by atoms with Gasteiger partial charge in [0.15, 0.2) is 5.82 Å². The zero-order chi connectivity index (χ0) is 24.4. The van der Waals surface area contributed by atoms with Gasteiger partial charge in [-0.15, -0.1) is 10.2 Å². The molecule has 3 aromatic rings. The number of sulfonamides is 1. The lowest BCUT2D eigenvalue weighted by molar-refractivity contribution is -0.116. The zero-order valence-electron chi connectivity index (χ0n) is 19.8. The van der Waals surface area contributed by atoms with Gasteiger partial charge in [0.25, 0.3) is 10.0 Å². The molecule has 182 valence electrons. The second-order valence-corrected chi connectivity index (χ2v) is 10.8. The minimum atomic E-state index is -3.79. The largest absolute Gasteiger partial charge is 0.355 e. The van der Waals surface area contributed by atoms with Gasteiger partial charge in [-0.3, -0.25) is 9.52 Å². The molecule has 35 heavy (non-hydrogen) atoms. The van der Waals surface area contributed by atoms with E-state index in [2.05, 4.69) is 19.8 Å². The van der Waals surface area contributed by atoms with Crippen LogP contribution in [0.4, 0.5) is 17.2 Å². The second kappa shape index (κ2) is 9.65. The molecule has 0 spiro atoms. The van der Waals surface area contributed by atoms with Crippen LogP contribution in [0.25, 0.3) is 11.3 Å². The van der Waals surface area contributed by atoms with Crippen LogP contribution in [-0.4, -0.2) is 44.2 Å². The molecule has 0 radical (unpaired) electrons. The topological polar surface area (TPSA) is 95.5 Å². The highest BCUT2D eigenvalue weighted by atomic mass is 32.2. The van der Waals surface area contributed by atoms with Crippen LogP contribution in [0.3, 0.4) is 0 Å². The van der Waals surface area contributed by atoms with Crippen molar-refractivity contribution in [2.45, 2.75) is 43.9 Å². The standard InChI is InChI=1S/C26H29N5O3S/c1-19(32)31-16-13-21-18-23(9-11-25(21)31)35(33,34)29-22-8-6-7-20(17-22)24-10-12-26(28-27-24)30-14-4-2-3-5-15-30/h6-12,17-18,29H,2-5,13-16H2,1H3. The highest BCUT2D eigenvalue weighted by molar-refractivity contribution is 7.92. The first-order chi connectivity index (χ1) is 16.9. The number of anilines is 3. The Bertz CT molecular complexity index is 1330. The fraction of sp³-hybridized carbons (Fsp3) is 0.346. The number of nitrogens with one attached hydrogen (secondary N) is 1. The van der Waals surface area contributed by atoms with Crippen molar-refractivity contribution in [1.82, 2.24) is 10.2 Å². The van der Waals surface area contributed by atoms with E-state index in [1.165, 1.54) is 32.6 Å². The van der Waals surface area contributed by atoms with Gasteiger partial charge in [-0.1, -0.05) is 25.0 Å². The molecule has 1 N–H and O–H groups in total. The average molecular weight is 492 g/mol. The molecule has 1 amide bonds. The average Bonchev–Trinajstić information content (AvgIpc) is 3.10. The van der Waals surface area contributed by atoms with Gasteiger partial charge in [0.1, 0.15) is 0 Å². The first-order valence-corrected chi connectivity index (χ1v) is 13.5. The van der Waals surface area contributed by atoms with Gasteiger partial charge in [0.05, 0.1) is 10.6 Å². The third-order valence-electron chi connectivity index (χ3n) is 6.63. The number of rotatable bonds is 5. The van der Waals surface area contributed by atoms with E-state index in [-0.39, 0.29) is 10.8 Å². The summed E-state index contributed by atoms with van der Waals surface area (Å²) in [5.74, 6) is 0.837. The summed E-state index contributed by atoms with van der Waals surface area (Å²) in [6, 6.07) is 16.0. The zero-order valence-corrected chi connectivity index (χ0v) is 20.6. The van der Waals surface area contributed by atoms with Crippen molar-refractivity contribution < 1.29 is 13.2 Å². The van der Waals surface area contributed by atoms with E-state index < -0.39 is 10.0 Å². The van der Waals surface area contributed by atoms with Crippen molar-refractivity contribution in [1.29, 1.82) is 0 Å². The van der Waals surface area contributed by atoms with Crippen LogP contribution in [-0.2, 0) is 21.2 Å². The van der Waals surface area contributed by atoms with E-state index in [0.717, 1.165) is 35.7 Å². The van der Waals surface area contributed by atoms with Gasteiger partial charge in [-0.05, 0) is 67.3 Å². The lowest BCUT2D eigenvalue weighted by Gasteiger charge is -2.20. The summed E-state index contributed by atoms with van der Waals surface area (Å²) in [6.45, 7) is 4.09. The Morgan fingerprint density at radius 1 is 0.914 bits per heavy atom. The van der Waals surface area contributed by atoms with Gasteiger partial charge >= 0.3 is 0 Å². The van der Waals surface area contributed by atoms with Crippen LogP contribution in [0.5, 0.6) is 0 Å². The van der Waals surface area contributed by atoms with Crippen molar-refractivity contribution in [3.63, 3.8) is 0 Å². The molecular formula is C26H29N5O3S. The molecule has 0 atom stereocenters. The maximum atomic E-state index is 13.1. The summed E-state index contributed by atoms with van der Waals surface area (Å²) in [5.41, 5.74) is 3.56. The molecular weight excluding hydrogens is 462 g/mol.